The molecule has 0 unspecified atom stereocenters. The maximum Gasteiger partial charge on any atom is 0.188 e. The average molecular weight is 558 g/mol. The number of nitrogens with two attached hydrogens (primary N) is 1. The molecule has 2 aliphatic rings. The summed E-state index contributed by atoms with van der Waals surface area (Å²) in [5.41, 5.74) is 9.56. The van der Waals surface area contributed by atoms with E-state index in [-0.39, 0.29) is 11.9 Å². The van der Waals surface area contributed by atoms with Gasteiger partial charge in [0.2, 0.25) is 0 Å². The van der Waals surface area contributed by atoms with Crippen LogP contribution in [-0.4, -0.2) is 73.8 Å². The molecule has 206 valence electrons. The zero-order valence-corrected chi connectivity index (χ0v) is 23.2. The number of para-hydroxylation sites is 1. The van der Waals surface area contributed by atoms with Crippen molar-refractivity contribution in [2.45, 2.75) is 37.8 Å². The van der Waals surface area contributed by atoms with Gasteiger partial charge in [0, 0.05) is 37.8 Å². The van der Waals surface area contributed by atoms with Gasteiger partial charge in [-0.2, -0.15) is 5.10 Å². The van der Waals surface area contributed by atoms with Crippen molar-refractivity contribution in [1.29, 1.82) is 0 Å². The Bertz CT molecular complexity index is 1630. The van der Waals surface area contributed by atoms with Crippen molar-refractivity contribution in [2.24, 2.45) is 0 Å². The topological polar surface area (TPSA) is 101 Å². The lowest BCUT2D eigenvalue weighted by Gasteiger charge is -2.41. The molecular weight excluding hydrogens is 525 g/mol. The van der Waals surface area contributed by atoms with Crippen molar-refractivity contribution >= 4 is 49.2 Å². The van der Waals surface area contributed by atoms with E-state index < -0.39 is 0 Å². The van der Waals surface area contributed by atoms with Crippen LogP contribution in [0.4, 0.5) is 21.0 Å². The number of nitrogen functional groups attached to an aromatic ring is 1. The number of likely N-dealkylation sites (N-methyl/N-ethyl adjacent to an activating group) is 1. The number of nitrogens with one attached hydrogen (secondary N) is 1. The molecule has 7 rings (SSSR count). The monoisotopic (exact) mass is 557 g/mol. The van der Waals surface area contributed by atoms with Gasteiger partial charge in [0.15, 0.2) is 10.8 Å². The summed E-state index contributed by atoms with van der Waals surface area (Å²) in [5, 5.41) is 9.44. The molecule has 1 saturated carbocycles. The van der Waals surface area contributed by atoms with E-state index in [2.05, 4.69) is 37.1 Å². The van der Waals surface area contributed by atoms with E-state index in [9.17, 15) is 0 Å². The highest BCUT2D eigenvalue weighted by molar-refractivity contribution is 7.22. The summed E-state index contributed by atoms with van der Waals surface area (Å²) in [5.74, 6) is -0.0305. The van der Waals surface area contributed by atoms with Gasteiger partial charge in [-0.25, -0.2) is 24.0 Å². The Morgan fingerprint density at radius 3 is 2.52 bits per heavy atom. The fourth-order valence-corrected chi connectivity index (χ4v) is 6.99. The molecule has 0 radical (unpaired) electrons. The number of rotatable bonds is 5. The maximum atomic E-state index is 15.4. The van der Waals surface area contributed by atoms with Crippen molar-refractivity contribution in [3.05, 3.63) is 54.6 Å². The lowest BCUT2D eigenvalue weighted by Crippen LogP contribution is -2.49. The predicted octanol–water partition coefficient (Wildman–Crippen LogP) is 5.30. The fourth-order valence-electron chi connectivity index (χ4n) is 6.11. The average Bonchev–Trinajstić information content (AvgIpc) is 3.57. The van der Waals surface area contributed by atoms with Gasteiger partial charge in [-0.3, -0.25) is 4.90 Å². The molecular formula is C29H32FN9S. The Balaban J connectivity index is 1.15. The number of piperazine rings is 1. The minimum absolute atomic E-state index is 0.221. The highest BCUT2D eigenvalue weighted by Gasteiger charge is 2.30. The summed E-state index contributed by atoms with van der Waals surface area (Å²) in [6.07, 6.45) is 5.80. The lowest BCUT2D eigenvalue weighted by atomic mass is 9.90. The van der Waals surface area contributed by atoms with Crippen LogP contribution in [0.1, 0.15) is 31.7 Å². The number of halogens is 1. The van der Waals surface area contributed by atoms with Gasteiger partial charge in [-0.1, -0.05) is 29.5 Å². The largest absolute Gasteiger partial charge is 0.383 e. The maximum absolute atomic E-state index is 15.4. The van der Waals surface area contributed by atoms with Crippen LogP contribution in [0.15, 0.2) is 48.8 Å². The van der Waals surface area contributed by atoms with Gasteiger partial charge in [-0.15, -0.1) is 0 Å². The highest BCUT2D eigenvalue weighted by atomic mass is 32.1. The van der Waals surface area contributed by atoms with E-state index in [1.807, 2.05) is 35.0 Å². The number of aromatic nitrogens is 5. The summed E-state index contributed by atoms with van der Waals surface area (Å²) >= 11 is 1.49. The van der Waals surface area contributed by atoms with Crippen LogP contribution in [-0.2, 0) is 0 Å². The minimum atomic E-state index is -0.387. The summed E-state index contributed by atoms with van der Waals surface area (Å²) in [6.45, 7) is 4.54. The number of fused-ring (bicyclic) bond motifs is 2. The van der Waals surface area contributed by atoms with Gasteiger partial charge in [0.1, 0.15) is 23.7 Å². The first-order valence-corrected chi connectivity index (χ1v) is 14.7. The first kappa shape index (κ1) is 25.3. The second kappa shape index (κ2) is 10.4. The second-order valence-electron chi connectivity index (χ2n) is 10.9. The van der Waals surface area contributed by atoms with Crippen LogP contribution in [0.2, 0.25) is 0 Å². The number of benzene rings is 2. The fraction of sp³-hybridized carbons (Fsp3) is 0.379. The molecule has 0 spiro atoms. The zero-order chi connectivity index (χ0) is 27.2. The van der Waals surface area contributed by atoms with Crippen molar-refractivity contribution < 1.29 is 4.39 Å². The molecule has 2 aromatic carbocycles. The third kappa shape index (κ3) is 4.67. The Kier molecular flexibility index (Phi) is 6.57. The molecule has 2 fully saturated rings. The molecule has 40 heavy (non-hydrogen) atoms. The molecule has 9 nitrogen and oxygen atoms in total. The van der Waals surface area contributed by atoms with E-state index in [4.69, 9.17) is 10.8 Å². The van der Waals surface area contributed by atoms with Crippen LogP contribution in [0, 0.1) is 5.82 Å². The van der Waals surface area contributed by atoms with Crippen molar-refractivity contribution in [2.75, 3.05) is 44.3 Å². The van der Waals surface area contributed by atoms with Crippen LogP contribution < -0.4 is 11.1 Å². The number of anilines is 3. The van der Waals surface area contributed by atoms with Crippen molar-refractivity contribution in [3.63, 3.8) is 0 Å². The third-order valence-corrected chi connectivity index (χ3v) is 9.31. The second-order valence-corrected chi connectivity index (χ2v) is 11.9. The molecule has 11 heteroatoms. The van der Waals surface area contributed by atoms with Gasteiger partial charge in [0.05, 0.1) is 27.3 Å². The molecule has 5 aromatic rings. The number of hydrogen-bond donors (Lipinski definition) is 2. The molecule has 1 aliphatic carbocycles. The molecule has 3 N–H and O–H groups in total. The molecule has 4 heterocycles. The lowest BCUT2D eigenvalue weighted by molar-refractivity contribution is 0.0815. The molecule has 3 aromatic heterocycles. The SMILES string of the molecule is CN1CCN([C@H]2CC[C@@H](n3nc(-c4ccc(Nc5nc6ccccc6s5)c(F)c4)c4c(N)ncnc43)CC2)CC1. The van der Waals surface area contributed by atoms with E-state index in [1.54, 1.807) is 6.07 Å². The van der Waals surface area contributed by atoms with Gasteiger partial charge >= 0.3 is 0 Å². The highest BCUT2D eigenvalue weighted by Crippen LogP contribution is 2.38. The smallest absolute Gasteiger partial charge is 0.188 e. The van der Waals surface area contributed by atoms with Crippen LogP contribution in [0.5, 0.6) is 0 Å². The van der Waals surface area contributed by atoms with Crippen LogP contribution >= 0.6 is 11.3 Å². The van der Waals surface area contributed by atoms with Crippen molar-refractivity contribution in [3.8, 4) is 11.3 Å². The van der Waals surface area contributed by atoms with Crippen molar-refractivity contribution in [1.82, 2.24) is 34.5 Å². The Morgan fingerprint density at radius 2 is 1.75 bits per heavy atom. The number of nitrogens with zero attached hydrogens (tertiary/aromatic N) is 7. The molecule has 1 aliphatic heterocycles. The van der Waals surface area contributed by atoms with E-state index in [1.165, 1.54) is 23.7 Å². The Hall–Kier alpha value is -3.67. The Morgan fingerprint density at radius 1 is 0.975 bits per heavy atom. The van der Waals surface area contributed by atoms with Crippen LogP contribution in [0.3, 0.4) is 0 Å². The number of thiazole rings is 1. The molecule has 1 saturated heterocycles. The molecule has 0 atom stereocenters. The van der Waals surface area contributed by atoms with E-state index >= 15 is 4.39 Å². The first-order valence-electron chi connectivity index (χ1n) is 13.9. The van der Waals surface area contributed by atoms with Gasteiger partial charge in [-0.05, 0) is 57.0 Å². The third-order valence-electron chi connectivity index (χ3n) is 8.36. The summed E-state index contributed by atoms with van der Waals surface area (Å²) < 4.78 is 18.4. The quantitative estimate of drug-likeness (QED) is 0.300. The Labute approximate surface area is 235 Å². The zero-order valence-electron chi connectivity index (χ0n) is 22.4. The standard InChI is InChI=1S/C29H32FN9S/c1-37-12-14-38(15-13-37)19-7-9-20(10-8-19)39-28-25(27(31)32-17-33-28)26(36-39)18-6-11-22(21(30)16-18)34-29-35-23-4-2-3-5-24(23)40-29/h2-6,11,16-17,19-20H,7-10,12-15H2,1H3,(H,34,35)(H2,31,32,33)/t19-,20+. The predicted molar refractivity (Wildman–Crippen MR) is 158 cm³/mol. The number of hydrogen-bond acceptors (Lipinski definition) is 9. The molecule has 0 bridgehead atoms. The summed E-state index contributed by atoms with van der Waals surface area (Å²) in [6, 6.07) is 13.8. The summed E-state index contributed by atoms with van der Waals surface area (Å²) in [7, 11) is 2.20. The summed E-state index contributed by atoms with van der Waals surface area (Å²) in [4.78, 5) is 18.4. The van der Waals surface area contributed by atoms with Crippen LogP contribution in [0.25, 0.3) is 32.5 Å². The van der Waals surface area contributed by atoms with Gasteiger partial charge in [0.25, 0.3) is 0 Å². The van der Waals surface area contributed by atoms with E-state index in [0.29, 0.717) is 45.0 Å². The first-order chi connectivity index (χ1) is 19.5. The molecule has 0 amide bonds. The van der Waals surface area contributed by atoms with E-state index in [0.717, 1.165) is 62.1 Å². The van der Waals surface area contributed by atoms with Gasteiger partial charge < -0.3 is 16.0 Å². The minimum Gasteiger partial charge on any atom is -0.383 e. The normalized spacial score (nSPS) is 20.9.